The first-order valence-electron chi connectivity index (χ1n) is 6.57. The van der Waals surface area contributed by atoms with Crippen molar-refractivity contribution in [2.45, 2.75) is 17.7 Å². The molecule has 114 valence electrons. The first-order valence-corrected chi connectivity index (χ1v) is 8.46. The third-order valence-corrected chi connectivity index (χ3v) is 4.79. The molecule has 1 fully saturated rings. The maximum Gasteiger partial charge on any atom is 0.240 e. The number of hydrogen-bond acceptors (Lipinski definition) is 4. The molecule has 0 heterocycles. The Hall–Kier alpha value is -1.51. The van der Waals surface area contributed by atoms with E-state index < -0.39 is 10.0 Å². The Labute approximate surface area is 129 Å². The van der Waals surface area contributed by atoms with Gasteiger partial charge in [-0.05, 0) is 25.0 Å². The van der Waals surface area contributed by atoms with Crippen LogP contribution in [0.5, 0.6) is 0 Å². The number of nitrogens with two attached hydrogens (primary N) is 1. The number of amides is 1. The number of sulfonamides is 1. The fourth-order valence-electron chi connectivity index (χ4n) is 1.76. The van der Waals surface area contributed by atoms with Gasteiger partial charge in [0.15, 0.2) is 0 Å². The van der Waals surface area contributed by atoms with Gasteiger partial charge in [0.1, 0.15) is 4.99 Å². The van der Waals surface area contributed by atoms with Crippen LogP contribution in [0, 0.1) is 5.92 Å². The van der Waals surface area contributed by atoms with Gasteiger partial charge in [0.05, 0.1) is 4.90 Å². The van der Waals surface area contributed by atoms with Crippen LogP contribution in [-0.2, 0) is 14.8 Å². The van der Waals surface area contributed by atoms with Crippen LogP contribution in [0.1, 0.15) is 18.4 Å². The van der Waals surface area contributed by atoms with Crippen molar-refractivity contribution in [3.05, 3.63) is 29.8 Å². The molecule has 0 spiro atoms. The SMILES string of the molecule is NC(=S)c1cccc(S(=O)(=O)NCCNC(=O)C2CC2)c1. The second-order valence-electron chi connectivity index (χ2n) is 4.86. The van der Waals surface area contributed by atoms with Crippen LogP contribution in [0.25, 0.3) is 0 Å². The van der Waals surface area contributed by atoms with E-state index in [0.29, 0.717) is 5.56 Å². The average molecular weight is 327 g/mol. The summed E-state index contributed by atoms with van der Waals surface area (Å²) in [5.74, 6) is 0.105. The Morgan fingerprint density at radius 3 is 2.67 bits per heavy atom. The summed E-state index contributed by atoms with van der Waals surface area (Å²) in [4.78, 5) is 11.6. The number of carbonyl (C=O) groups excluding carboxylic acids is 1. The van der Waals surface area contributed by atoms with Gasteiger partial charge in [-0.3, -0.25) is 4.79 Å². The molecule has 1 aliphatic rings. The summed E-state index contributed by atoms with van der Waals surface area (Å²) >= 11 is 4.82. The standard InChI is InChI=1S/C13H17N3O3S2/c14-12(20)10-2-1-3-11(8-10)21(18,19)16-7-6-15-13(17)9-4-5-9/h1-3,8-9,16H,4-7H2,(H2,14,20)(H,15,17). The minimum atomic E-state index is -3.64. The minimum absolute atomic E-state index is 0.00956. The van der Waals surface area contributed by atoms with Crippen molar-refractivity contribution in [1.29, 1.82) is 0 Å². The highest BCUT2D eigenvalue weighted by Gasteiger charge is 2.29. The molecule has 0 aliphatic heterocycles. The maximum absolute atomic E-state index is 12.1. The van der Waals surface area contributed by atoms with E-state index in [1.165, 1.54) is 12.1 Å². The number of rotatable bonds is 7. The predicted molar refractivity (Wildman–Crippen MR) is 83.3 cm³/mol. The fraction of sp³-hybridized carbons (Fsp3) is 0.385. The summed E-state index contributed by atoms with van der Waals surface area (Å²) in [6, 6.07) is 6.12. The summed E-state index contributed by atoms with van der Waals surface area (Å²) in [5, 5.41) is 2.69. The van der Waals surface area contributed by atoms with Gasteiger partial charge in [-0.1, -0.05) is 24.4 Å². The first kappa shape index (κ1) is 15.9. The second-order valence-corrected chi connectivity index (χ2v) is 7.06. The van der Waals surface area contributed by atoms with E-state index in [0.717, 1.165) is 12.8 Å². The van der Waals surface area contributed by atoms with Crippen LogP contribution < -0.4 is 15.8 Å². The lowest BCUT2D eigenvalue weighted by molar-refractivity contribution is -0.122. The van der Waals surface area contributed by atoms with E-state index in [-0.39, 0.29) is 34.8 Å². The van der Waals surface area contributed by atoms with Crippen molar-refractivity contribution >= 4 is 33.1 Å². The number of nitrogens with one attached hydrogen (secondary N) is 2. The van der Waals surface area contributed by atoms with Crippen LogP contribution >= 0.6 is 12.2 Å². The maximum atomic E-state index is 12.1. The molecule has 1 aliphatic carbocycles. The Balaban J connectivity index is 1.90. The highest BCUT2D eigenvalue weighted by atomic mass is 32.2. The smallest absolute Gasteiger partial charge is 0.240 e. The molecule has 1 amide bonds. The normalized spacial score (nSPS) is 14.7. The van der Waals surface area contributed by atoms with Crippen LogP contribution in [0.2, 0.25) is 0 Å². The van der Waals surface area contributed by atoms with Gasteiger partial charge in [-0.15, -0.1) is 0 Å². The van der Waals surface area contributed by atoms with Gasteiger partial charge in [-0.2, -0.15) is 0 Å². The van der Waals surface area contributed by atoms with Crippen molar-refractivity contribution in [2.75, 3.05) is 13.1 Å². The van der Waals surface area contributed by atoms with Gasteiger partial charge in [0.2, 0.25) is 15.9 Å². The Bertz CT molecular complexity index is 654. The summed E-state index contributed by atoms with van der Waals surface area (Å²) in [6.45, 7) is 0.404. The van der Waals surface area contributed by atoms with E-state index in [1.54, 1.807) is 12.1 Å². The largest absolute Gasteiger partial charge is 0.389 e. The van der Waals surface area contributed by atoms with Crippen LogP contribution in [-0.4, -0.2) is 32.4 Å². The molecular formula is C13H17N3O3S2. The molecular weight excluding hydrogens is 310 g/mol. The van der Waals surface area contributed by atoms with E-state index >= 15 is 0 Å². The molecule has 0 saturated heterocycles. The molecule has 0 unspecified atom stereocenters. The van der Waals surface area contributed by atoms with Crippen molar-refractivity contribution in [1.82, 2.24) is 10.0 Å². The molecule has 21 heavy (non-hydrogen) atoms. The molecule has 6 nitrogen and oxygen atoms in total. The molecule has 8 heteroatoms. The fourth-order valence-corrected chi connectivity index (χ4v) is 2.97. The summed E-state index contributed by atoms with van der Waals surface area (Å²) in [7, 11) is -3.64. The third-order valence-electron chi connectivity index (χ3n) is 3.09. The van der Waals surface area contributed by atoms with E-state index in [1.807, 2.05) is 0 Å². The molecule has 0 atom stereocenters. The molecule has 4 N–H and O–H groups in total. The third kappa shape index (κ3) is 4.48. The molecule has 0 aromatic heterocycles. The topological polar surface area (TPSA) is 101 Å². The van der Waals surface area contributed by atoms with Crippen LogP contribution in [0.15, 0.2) is 29.2 Å². The van der Waals surface area contributed by atoms with E-state index in [9.17, 15) is 13.2 Å². The number of thiocarbonyl (C=S) groups is 1. The number of hydrogen-bond donors (Lipinski definition) is 3. The monoisotopic (exact) mass is 327 g/mol. The van der Waals surface area contributed by atoms with Crippen molar-refractivity contribution < 1.29 is 13.2 Å². The van der Waals surface area contributed by atoms with Gasteiger partial charge in [-0.25, -0.2) is 13.1 Å². The zero-order valence-electron chi connectivity index (χ0n) is 11.3. The first-order chi connectivity index (χ1) is 9.90. The lowest BCUT2D eigenvalue weighted by Gasteiger charge is -2.09. The molecule has 1 aromatic carbocycles. The summed E-state index contributed by atoms with van der Waals surface area (Å²) < 4.78 is 26.6. The van der Waals surface area contributed by atoms with Gasteiger partial charge in [0.25, 0.3) is 0 Å². The predicted octanol–water partition coefficient (Wildman–Crippen LogP) is 0.125. The quantitative estimate of drug-likeness (QED) is 0.488. The summed E-state index contributed by atoms with van der Waals surface area (Å²) in [6.07, 6.45) is 1.84. The van der Waals surface area contributed by atoms with Crippen LogP contribution in [0.3, 0.4) is 0 Å². The lowest BCUT2D eigenvalue weighted by Crippen LogP contribution is -2.35. The number of benzene rings is 1. The highest BCUT2D eigenvalue weighted by molar-refractivity contribution is 7.89. The summed E-state index contributed by atoms with van der Waals surface area (Å²) in [5.41, 5.74) is 5.98. The molecule has 0 radical (unpaired) electrons. The second kappa shape index (κ2) is 6.50. The van der Waals surface area contributed by atoms with Gasteiger partial charge < -0.3 is 11.1 Å². The Kier molecular flexibility index (Phi) is 4.92. The van der Waals surface area contributed by atoms with E-state index in [4.69, 9.17) is 18.0 Å². The zero-order valence-corrected chi connectivity index (χ0v) is 13.0. The average Bonchev–Trinajstić information content (AvgIpc) is 3.28. The molecule has 0 bridgehead atoms. The molecule has 1 saturated carbocycles. The number of carbonyl (C=O) groups is 1. The lowest BCUT2D eigenvalue weighted by atomic mass is 10.2. The molecule has 2 rings (SSSR count). The Morgan fingerprint density at radius 1 is 1.33 bits per heavy atom. The zero-order chi connectivity index (χ0) is 15.5. The van der Waals surface area contributed by atoms with Gasteiger partial charge >= 0.3 is 0 Å². The minimum Gasteiger partial charge on any atom is -0.389 e. The van der Waals surface area contributed by atoms with Crippen molar-refractivity contribution in [2.24, 2.45) is 11.7 Å². The van der Waals surface area contributed by atoms with Crippen LogP contribution in [0.4, 0.5) is 0 Å². The van der Waals surface area contributed by atoms with Crippen molar-refractivity contribution in [3.8, 4) is 0 Å². The van der Waals surface area contributed by atoms with E-state index in [2.05, 4.69) is 10.0 Å². The molecule has 1 aromatic rings. The van der Waals surface area contributed by atoms with Crippen molar-refractivity contribution in [3.63, 3.8) is 0 Å². The highest BCUT2D eigenvalue weighted by Crippen LogP contribution is 2.28. The Morgan fingerprint density at radius 2 is 2.05 bits per heavy atom. The van der Waals surface area contributed by atoms with Gasteiger partial charge in [0, 0.05) is 24.6 Å².